The zero-order valence-corrected chi connectivity index (χ0v) is 10.9. The summed E-state index contributed by atoms with van der Waals surface area (Å²) in [6.45, 7) is 3.20. The summed E-state index contributed by atoms with van der Waals surface area (Å²) < 4.78 is 15.0. The molecular formula is C12H12FN5O2. The average Bonchev–Trinajstić information content (AvgIpc) is 2.67. The lowest BCUT2D eigenvalue weighted by molar-refractivity contribution is -0.385. The van der Waals surface area contributed by atoms with Crippen LogP contribution in [0.3, 0.4) is 0 Å². The second kappa shape index (κ2) is 5.08. The third-order valence-corrected chi connectivity index (χ3v) is 2.78. The first-order chi connectivity index (χ1) is 9.40. The zero-order chi connectivity index (χ0) is 14.9. The Labute approximate surface area is 113 Å². The largest absolute Gasteiger partial charge is 0.368 e. The van der Waals surface area contributed by atoms with E-state index >= 15 is 0 Å². The van der Waals surface area contributed by atoms with Crippen LogP contribution in [0.25, 0.3) is 0 Å². The second-order valence-corrected chi connectivity index (χ2v) is 4.19. The molecule has 0 aliphatic heterocycles. The van der Waals surface area contributed by atoms with Crippen LogP contribution in [-0.2, 0) is 0 Å². The summed E-state index contributed by atoms with van der Waals surface area (Å²) in [5.41, 5.74) is 6.34. The normalized spacial score (nSPS) is 11.2. The third-order valence-electron chi connectivity index (χ3n) is 2.78. The van der Waals surface area contributed by atoms with E-state index < -0.39 is 10.7 Å². The summed E-state index contributed by atoms with van der Waals surface area (Å²) in [6, 6.07) is 2.16. The Bertz CT molecular complexity index is 708. The van der Waals surface area contributed by atoms with Gasteiger partial charge in [-0.15, -0.1) is 0 Å². The minimum atomic E-state index is -0.591. The average molecular weight is 277 g/mol. The molecule has 2 N–H and O–H groups in total. The number of benzene rings is 1. The van der Waals surface area contributed by atoms with Gasteiger partial charge in [0.05, 0.1) is 23.0 Å². The molecule has 104 valence electrons. The monoisotopic (exact) mass is 277 g/mol. The molecule has 1 aromatic carbocycles. The second-order valence-electron chi connectivity index (χ2n) is 4.19. The highest BCUT2D eigenvalue weighted by Gasteiger charge is 2.16. The van der Waals surface area contributed by atoms with Crippen LogP contribution in [0, 0.1) is 29.8 Å². The van der Waals surface area contributed by atoms with E-state index in [1.807, 2.05) is 0 Å². The first kappa shape index (κ1) is 13.7. The molecule has 0 spiro atoms. The topological polar surface area (TPSA) is 99.3 Å². The molecular weight excluding hydrogens is 265 g/mol. The van der Waals surface area contributed by atoms with Crippen molar-refractivity contribution in [2.45, 2.75) is 13.8 Å². The van der Waals surface area contributed by atoms with Crippen LogP contribution in [0.5, 0.6) is 0 Å². The number of rotatable bonds is 3. The number of imidazole rings is 1. The van der Waals surface area contributed by atoms with Gasteiger partial charge < -0.3 is 5.73 Å². The highest BCUT2D eigenvalue weighted by atomic mass is 19.1. The minimum Gasteiger partial charge on any atom is -0.368 e. The number of halogens is 1. The predicted octanol–water partition coefficient (Wildman–Crippen LogP) is 2.01. The third kappa shape index (κ3) is 2.48. The molecule has 8 heteroatoms. The fraction of sp³-hybridized carbons (Fsp3) is 0.167. The summed E-state index contributed by atoms with van der Waals surface area (Å²) in [5, 5.41) is 14.8. The van der Waals surface area contributed by atoms with Gasteiger partial charge in [-0.1, -0.05) is 0 Å². The van der Waals surface area contributed by atoms with Crippen molar-refractivity contribution >= 4 is 17.9 Å². The molecule has 0 aliphatic rings. The van der Waals surface area contributed by atoms with Crippen LogP contribution in [0.15, 0.2) is 23.4 Å². The summed E-state index contributed by atoms with van der Waals surface area (Å²) in [5.74, 6) is -0.436. The molecule has 0 atom stereocenters. The van der Waals surface area contributed by atoms with E-state index in [0.717, 1.165) is 12.1 Å². The van der Waals surface area contributed by atoms with Crippen LogP contribution in [-0.4, -0.2) is 20.8 Å². The van der Waals surface area contributed by atoms with Crippen molar-refractivity contribution in [3.8, 4) is 0 Å². The zero-order valence-electron chi connectivity index (χ0n) is 10.9. The molecule has 0 bridgehead atoms. The minimum absolute atomic E-state index is 0.0463. The van der Waals surface area contributed by atoms with Gasteiger partial charge >= 0.3 is 0 Å². The fourth-order valence-electron chi connectivity index (χ4n) is 1.76. The number of hydrogen-bond donors (Lipinski definition) is 1. The summed E-state index contributed by atoms with van der Waals surface area (Å²) in [7, 11) is 0. The van der Waals surface area contributed by atoms with Gasteiger partial charge in [-0.25, -0.2) is 14.1 Å². The number of hydrogen-bond acceptors (Lipinski definition) is 5. The summed E-state index contributed by atoms with van der Waals surface area (Å²) >= 11 is 0. The first-order valence-corrected chi connectivity index (χ1v) is 5.69. The van der Waals surface area contributed by atoms with E-state index in [1.54, 1.807) is 13.1 Å². The van der Waals surface area contributed by atoms with Gasteiger partial charge in [0.25, 0.3) is 5.69 Å². The van der Waals surface area contributed by atoms with Crippen LogP contribution in [0.4, 0.5) is 16.0 Å². The Hall–Kier alpha value is -2.77. The standard InChI is InChI=1S/C12H12FN5O2/c1-7-6-17(12(14)16-7)15-5-9-8(2)11(18(19)20)4-3-10(9)13/h3-6H,1-2H3,(H2,14,16). The number of nitrogens with zero attached hydrogens (tertiary/aromatic N) is 4. The van der Waals surface area contributed by atoms with Gasteiger partial charge in [0.1, 0.15) is 5.82 Å². The Morgan fingerprint density at radius 2 is 2.20 bits per heavy atom. The molecule has 2 aromatic rings. The highest BCUT2D eigenvalue weighted by Crippen LogP contribution is 2.22. The Morgan fingerprint density at radius 3 is 2.75 bits per heavy atom. The predicted molar refractivity (Wildman–Crippen MR) is 72.2 cm³/mol. The Morgan fingerprint density at radius 1 is 1.50 bits per heavy atom. The molecule has 0 radical (unpaired) electrons. The van der Waals surface area contributed by atoms with Gasteiger partial charge in [-0.3, -0.25) is 10.1 Å². The number of nitro benzene ring substituents is 1. The molecule has 0 amide bonds. The van der Waals surface area contributed by atoms with Crippen LogP contribution in [0.1, 0.15) is 16.8 Å². The molecule has 2 rings (SSSR count). The lowest BCUT2D eigenvalue weighted by Crippen LogP contribution is -2.01. The van der Waals surface area contributed by atoms with Crippen LogP contribution in [0.2, 0.25) is 0 Å². The molecule has 0 unspecified atom stereocenters. The highest BCUT2D eigenvalue weighted by molar-refractivity contribution is 5.83. The molecule has 7 nitrogen and oxygen atoms in total. The van der Waals surface area contributed by atoms with E-state index in [9.17, 15) is 14.5 Å². The maximum atomic E-state index is 13.7. The van der Waals surface area contributed by atoms with Crippen molar-refractivity contribution in [1.29, 1.82) is 0 Å². The molecule has 0 fully saturated rings. The van der Waals surface area contributed by atoms with Gasteiger partial charge in [0.2, 0.25) is 5.95 Å². The van der Waals surface area contributed by atoms with Crippen molar-refractivity contribution in [3.63, 3.8) is 0 Å². The molecule has 1 heterocycles. The van der Waals surface area contributed by atoms with E-state index in [0.29, 0.717) is 5.69 Å². The molecule has 0 aliphatic carbocycles. The number of nitro groups is 1. The van der Waals surface area contributed by atoms with Gasteiger partial charge in [-0.2, -0.15) is 5.10 Å². The molecule has 1 aromatic heterocycles. The quantitative estimate of drug-likeness (QED) is 0.527. The number of nitrogens with two attached hydrogens (primary N) is 1. The fourth-order valence-corrected chi connectivity index (χ4v) is 1.76. The van der Waals surface area contributed by atoms with E-state index in [4.69, 9.17) is 5.73 Å². The first-order valence-electron chi connectivity index (χ1n) is 5.69. The molecule has 20 heavy (non-hydrogen) atoms. The number of nitrogen functional groups attached to an aromatic ring is 1. The van der Waals surface area contributed by atoms with Gasteiger partial charge in [0.15, 0.2) is 0 Å². The van der Waals surface area contributed by atoms with Gasteiger partial charge in [0, 0.05) is 17.2 Å². The van der Waals surface area contributed by atoms with Crippen LogP contribution >= 0.6 is 0 Å². The summed E-state index contributed by atoms with van der Waals surface area (Å²) in [6.07, 6.45) is 2.76. The van der Waals surface area contributed by atoms with E-state index in [-0.39, 0.29) is 22.8 Å². The maximum absolute atomic E-state index is 13.7. The molecule has 0 saturated carbocycles. The van der Waals surface area contributed by atoms with Crippen molar-refractivity contribution in [2.75, 3.05) is 5.73 Å². The lowest BCUT2D eigenvalue weighted by atomic mass is 10.1. The van der Waals surface area contributed by atoms with Crippen molar-refractivity contribution in [1.82, 2.24) is 9.66 Å². The van der Waals surface area contributed by atoms with Crippen molar-refractivity contribution in [2.24, 2.45) is 5.10 Å². The number of anilines is 1. The molecule has 0 saturated heterocycles. The number of aromatic nitrogens is 2. The van der Waals surface area contributed by atoms with E-state index in [2.05, 4.69) is 10.1 Å². The Balaban J connectivity index is 2.45. The SMILES string of the molecule is Cc1cn(N=Cc2c(F)ccc([N+](=O)[O-])c2C)c(N)n1. The van der Waals surface area contributed by atoms with E-state index in [1.165, 1.54) is 17.8 Å². The lowest BCUT2D eigenvalue weighted by Gasteiger charge is -2.03. The van der Waals surface area contributed by atoms with Crippen molar-refractivity contribution < 1.29 is 9.31 Å². The number of aryl methyl sites for hydroxylation is 1. The Kier molecular flexibility index (Phi) is 3.47. The van der Waals surface area contributed by atoms with Crippen LogP contribution < -0.4 is 5.73 Å². The smallest absolute Gasteiger partial charge is 0.273 e. The van der Waals surface area contributed by atoms with Gasteiger partial charge in [-0.05, 0) is 19.9 Å². The summed E-state index contributed by atoms with van der Waals surface area (Å²) in [4.78, 5) is 14.2. The van der Waals surface area contributed by atoms with Crippen molar-refractivity contribution in [3.05, 3.63) is 51.1 Å². The maximum Gasteiger partial charge on any atom is 0.273 e.